The number of hydrogen-bond acceptors (Lipinski definition) is 1. The predicted molar refractivity (Wildman–Crippen MR) is 112 cm³/mol. The Bertz CT molecular complexity index is 971. The van der Waals surface area contributed by atoms with E-state index in [0.29, 0.717) is 6.04 Å². The normalized spacial score (nSPS) is 16.7. The number of carbonyl (C=O) groups is 1. The molecule has 0 saturated carbocycles. The molecule has 28 heavy (non-hydrogen) atoms. The third-order valence-corrected chi connectivity index (χ3v) is 6.23. The fraction of sp³-hybridized carbons (Fsp3) is 0.240. The van der Waals surface area contributed by atoms with E-state index in [-0.39, 0.29) is 5.91 Å². The predicted octanol–water partition coefficient (Wildman–Crippen LogP) is 3.11. The summed E-state index contributed by atoms with van der Waals surface area (Å²) < 4.78 is 0. The van der Waals surface area contributed by atoms with Crippen LogP contribution in [0.3, 0.4) is 0 Å². The maximum Gasteiger partial charge on any atom is 0.254 e. The minimum absolute atomic E-state index is 0.159. The largest absolute Gasteiger partial charge is 0.327 e. The number of benzene rings is 3. The number of fused-ring (bicyclic) bond motifs is 3. The van der Waals surface area contributed by atoms with Gasteiger partial charge in [-0.2, -0.15) is 0 Å². The molecule has 0 unspecified atom stereocenters. The van der Waals surface area contributed by atoms with Crippen molar-refractivity contribution in [2.45, 2.75) is 13.0 Å². The fourth-order valence-corrected chi connectivity index (χ4v) is 4.76. The first-order chi connectivity index (χ1) is 13.7. The molecule has 1 aliphatic carbocycles. The van der Waals surface area contributed by atoms with E-state index >= 15 is 0 Å². The third kappa shape index (κ3) is 2.83. The Morgan fingerprint density at radius 3 is 1.93 bits per heavy atom. The molecule has 3 nitrogen and oxygen atoms in total. The minimum atomic E-state index is 0.159. The topological polar surface area (TPSA) is 24.8 Å². The van der Waals surface area contributed by atoms with Gasteiger partial charge in [-0.15, -0.1) is 0 Å². The third-order valence-electron chi connectivity index (χ3n) is 6.23. The van der Waals surface area contributed by atoms with E-state index in [1.54, 1.807) is 4.90 Å². The van der Waals surface area contributed by atoms with Gasteiger partial charge in [0.15, 0.2) is 0 Å². The number of carbonyl (C=O) groups excluding carboxylic acids is 1. The average molecular weight is 369 g/mol. The first-order valence-electron chi connectivity index (χ1n) is 10.1. The van der Waals surface area contributed by atoms with Gasteiger partial charge in [0.25, 0.3) is 5.91 Å². The van der Waals surface area contributed by atoms with E-state index in [9.17, 15) is 4.79 Å². The molecule has 5 rings (SSSR count). The van der Waals surface area contributed by atoms with Crippen LogP contribution in [-0.4, -0.2) is 37.0 Å². The molecule has 3 aromatic rings. The summed E-state index contributed by atoms with van der Waals surface area (Å²) in [6.45, 7) is 5.62. The Balaban J connectivity index is 1.36. The quantitative estimate of drug-likeness (QED) is 0.738. The molecule has 1 N–H and O–H groups in total. The Labute approximate surface area is 166 Å². The summed E-state index contributed by atoms with van der Waals surface area (Å²) in [6, 6.07) is 25.9. The molecule has 140 valence electrons. The van der Waals surface area contributed by atoms with Gasteiger partial charge in [0, 0.05) is 16.7 Å². The van der Waals surface area contributed by atoms with Gasteiger partial charge in [-0.3, -0.25) is 4.79 Å². The second-order valence-electron chi connectivity index (χ2n) is 7.92. The molecule has 1 fully saturated rings. The Morgan fingerprint density at radius 2 is 1.36 bits per heavy atom. The van der Waals surface area contributed by atoms with Crippen LogP contribution in [0.4, 0.5) is 0 Å². The lowest BCUT2D eigenvalue weighted by Gasteiger charge is -2.36. The Morgan fingerprint density at radius 1 is 0.821 bits per heavy atom. The van der Waals surface area contributed by atoms with Crippen molar-refractivity contribution < 1.29 is 9.69 Å². The Hall–Kier alpha value is -2.91. The van der Waals surface area contributed by atoms with Crippen LogP contribution in [0.25, 0.3) is 11.1 Å². The standard InChI is InChI=1S/C25H24N2O/c1-18-10-12-19(13-11-18)25(28)27-16-14-26(15-17-27)24-22-8-4-2-6-20(22)21-7-3-5-9-23(21)24/h2-13,24H,14-17H2,1H3/p+1. The van der Waals surface area contributed by atoms with Crippen molar-refractivity contribution in [1.82, 2.24) is 4.90 Å². The van der Waals surface area contributed by atoms with Crippen LogP contribution in [0.15, 0.2) is 72.8 Å². The molecular formula is C25H25N2O+. The molecule has 2 aliphatic rings. The monoisotopic (exact) mass is 369 g/mol. The smallest absolute Gasteiger partial charge is 0.254 e. The second-order valence-corrected chi connectivity index (χ2v) is 7.92. The molecule has 3 aromatic carbocycles. The van der Waals surface area contributed by atoms with Gasteiger partial charge in [-0.05, 0) is 30.2 Å². The van der Waals surface area contributed by atoms with Crippen molar-refractivity contribution >= 4 is 5.91 Å². The van der Waals surface area contributed by atoms with Gasteiger partial charge < -0.3 is 9.80 Å². The molecule has 0 spiro atoms. The molecule has 1 aliphatic heterocycles. The van der Waals surface area contributed by atoms with Gasteiger partial charge in [0.2, 0.25) is 0 Å². The van der Waals surface area contributed by atoms with Crippen LogP contribution in [-0.2, 0) is 0 Å². The summed E-state index contributed by atoms with van der Waals surface area (Å²) in [6.07, 6.45) is 0. The molecule has 0 bridgehead atoms. The highest BCUT2D eigenvalue weighted by Gasteiger charge is 2.38. The van der Waals surface area contributed by atoms with Crippen LogP contribution < -0.4 is 4.90 Å². The van der Waals surface area contributed by atoms with E-state index < -0.39 is 0 Å². The number of nitrogens with zero attached hydrogens (tertiary/aromatic N) is 1. The summed E-state index contributed by atoms with van der Waals surface area (Å²) in [7, 11) is 0. The fourth-order valence-electron chi connectivity index (χ4n) is 4.76. The number of hydrogen-bond donors (Lipinski definition) is 1. The minimum Gasteiger partial charge on any atom is -0.327 e. The average Bonchev–Trinajstić information content (AvgIpc) is 3.08. The number of amides is 1. The molecule has 1 saturated heterocycles. The van der Waals surface area contributed by atoms with Crippen molar-refractivity contribution in [3.8, 4) is 11.1 Å². The van der Waals surface area contributed by atoms with E-state index in [1.807, 2.05) is 36.1 Å². The molecule has 1 amide bonds. The number of rotatable bonds is 2. The van der Waals surface area contributed by atoms with Crippen molar-refractivity contribution in [3.05, 3.63) is 95.1 Å². The van der Waals surface area contributed by atoms with Crippen molar-refractivity contribution in [3.63, 3.8) is 0 Å². The van der Waals surface area contributed by atoms with E-state index in [4.69, 9.17) is 0 Å². The summed E-state index contributed by atoms with van der Waals surface area (Å²) >= 11 is 0. The van der Waals surface area contributed by atoms with Crippen molar-refractivity contribution in [1.29, 1.82) is 0 Å². The Kier molecular flexibility index (Phi) is 4.25. The summed E-state index contributed by atoms with van der Waals surface area (Å²) in [5.41, 5.74) is 7.58. The summed E-state index contributed by atoms with van der Waals surface area (Å²) in [5, 5.41) is 0. The molecule has 1 heterocycles. The van der Waals surface area contributed by atoms with E-state index in [2.05, 4.69) is 48.5 Å². The second kappa shape index (κ2) is 6.92. The lowest BCUT2D eigenvalue weighted by Crippen LogP contribution is -3.15. The first-order valence-corrected chi connectivity index (χ1v) is 10.1. The highest BCUT2D eigenvalue weighted by Crippen LogP contribution is 2.41. The summed E-state index contributed by atoms with van der Waals surface area (Å²) in [4.78, 5) is 16.4. The van der Waals surface area contributed by atoms with Gasteiger partial charge in [0.1, 0.15) is 6.04 Å². The van der Waals surface area contributed by atoms with Crippen LogP contribution in [0.1, 0.15) is 33.1 Å². The summed E-state index contributed by atoms with van der Waals surface area (Å²) in [5.74, 6) is 0.159. The van der Waals surface area contributed by atoms with Crippen LogP contribution in [0.2, 0.25) is 0 Å². The molecule has 0 radical (unpaired) electrons. The van der Waals surface area contributed by atoms with E-state index in [1.165, 1.54) is 27.8 Å². The van der Waals surface area contributed by atoms with E-state index in [0.717, 1.165) is 31.7 Å². The highest BCUT2D eigenvalue weighted by molar-refractivity contribution is 5.94. The van der Waals surface area contributed by atoms with Crippen molar-refractivity contribution in [2.75, 3.05) is 26.2 Å². The maximum atomic E-state index is 12.9. The number of quaternary nitrogens is 1. The zero-order chi connectivity index (χ0) is 19.1. The SMILES string of the molecule is Cc1ccc(C(=O)N2CC[NH+](C3c4ccccc4-c4ccccc43)CC2)cc1. The van der Waals surface area contributed by atoms with Crippen molar-refractivity contribution in [2.24, 2.45) is 0 Å². The molecule has 0 atom stereocenters. The van der Waals surface area contributed by atoms with Gasteiger partial charge in [0.05, 0.1) is 26.2 Å². The van der Waals surface area contributed by atoms with Gasteiger partial charge in [-0.25, -0.2) is 0 Å². The lowest BCUT2D eigenvalue weighted by molar-refractivity contribution is -0.928. The molecule has 3 heteroatoms. The maximum absolute atomic E-state index is 12.9. The van der Waals surface area contributed by atoms with Crippen LogP contribution >= 0.6 is 0 Å². The number of piperazine rings is 1. The van der Waals surface area contributed by atoms with Gasteiger partial charge >= 0.3 is 0 Å². The first kappa shape index (κ1) is 17.2. The number of nitrogens with one attached hydrogen (secondary N) is 1. The molecule has 0 aromatic heterocycles. The van der Waals surface area contributed by atoms with Crippen LogP contribution in [0, 0.1) is 6.92 Å². The highest BCUT2D eigenvalue weighted by atomic mass is 16.2. The zero-order valence-corrected chi connectivity index (χ0v) is 16.2. The van der Waals surface area contributed by atoms with Crippen LogP contribution in [0.5, 0.6) is 0 Å². The molecular weight excluding hydrogens is 344 g/mol. The number of aryl methyl sites for hydroxylation is 1. The lowest BCUT2D eigenvalue weighted by atomic mass is 10.0. The van der Waals surface area contributed by atoms with Gasteiger partial charge in [-0.1, -0.05) is 66.2 Å². The zero-order valence-electron chi connectivity index (χ0n) is 16.2.